The Morgan fingerprint density at radius 2 is 2.12 bits per heavy atom. The van der Waals surface area contributed by atoms with Crippen molar-refractivity contribution < 1.29 is 15.4 Å². The lowest BCUT2D eigenvalue weighted by Gasteiger charge is -2.47. The summed E-state index contributed by atoms with van der Waals surface area (Å²) in [5, 5.41) is 1.77. The van der Waals surface area contributed by atoms with Crippen LogP contribution in [0.25, 0.3) is 0 Å². The first kappa shape index (κ1) is 24.0. The number of nitrogens with zero attached hydrogens (tertiary/aromatic N) is 1. The first-order valence-electron chi connectivity index (χ1n) is 13.0. The van der Waals surface area contributed by atoms with Crippen LogP contribution in [0.15, 0.2) is 12.3 Å². The topological polar surface area (TPSA) is 78.5 Å². The fraction of sp³-hybridized carbons (Fsp3) is 0.808. The molecule has 0 amide bonds. The van der Waals surface area contributed by atoms with Gasteiger partial charge in [0.1, 0.15) is 6.16 Å². The Hall–Kier alpha value is -0.700. The van der Waals surface area contributed by atoms with Crippen molar-refractivity contribution >= 4 is 11.4 Å². The Labute approximate surface area is 204 Å². The molecule has 1 aromatic rings. The maximum absolute atomic E-state index is 13.3. The van der Waals surface area contributed by atoms with Gasteiger partial charge in [0, 0.05) is 41.3 Å². The molecule has 7 heteroatoms. The van der Waals surface area contributed by atoms with E-state index < -0.39 is 11.4 Å². The van der Waals surface area contributed by atoms with Crippen LogP contribution in [0.3, 0.4) is 0 Å². The van der Waals surface area contributed by atoms with Gasteiger partial charge in [0.25, 0.3) is 0 Å². The van der Waals surface area contributed by atoms with E-state index in [-0.39, 0.29) is 34.0 Å². The van der Waals surface area contributed by atoms with Gasteiger partial charge in [-0.15, -0.1) is 4.72 Å². The third-order valence-electron chi connectivity index (χ3n) is 7.42. The zero-order chi connectivity index (χ0) is 24.7. The quantitative estimate of drug-likeness (QED) is 0.604. The molecule has 1 spiro atoms. The van der Waals surface area contributed by atoms with E-state index >= 15 is 0 Å². The molecule has 33 heavy (non-hydrogen) atoms. The number of hydrogen-bond donors (Lipinski definition) is 2. The molecule has 0 bridgehead atoms. The molecule has 4 rings (SSSR count). The molecule has 2 saturated heterocycles. The van der Waals surface area contributed by atoms with E-state index in [0.717, 1.165) is 62.0 Å². The van der Waals surface area contributed by atoms with Gasteiger partial charge in [-0.3, -0.25) is 4.98 Å². The molecule has 1 aliphatic carbocycles. The van der Waals surface area contributed by atoms with Crippen molar-refractivity contribution in [2.75, 3.05) is 13.2 Å². The summed E-state index contributed by atoms with van der Waals surface area (Å²) in [6.07, 6.45) is 7.61. The van der Waals surface area contributed by atoms with Crippen molar-refractivity contribution in [3.8, 4) is 0 Å². The van der Waals surface area contributed by atoms with Crippen LogP contribution >= 0.6 is 0 Å². The highest BCUT2D eigenvalue weighted by Crippen LogP contribution is 2.53. The zero-order valence-corrected chi connectivity index (χ0v) is 22.1. The first-order chi connectivity index (χ1) is 15.9. The highest BCUT2D eigenvalue weighted by molar-refractivity contribution is 7.90. The van der Waals surface area contributed by atoms with Crippen molar-refractivity contribution in [1.82, 2.24) is 15.0 Å². The van der Waals surface area contributed by atoms with Crippen LogP contribution in [0.5, 0.6) is 0 Å². The summed E-state index contributed by atoms with van der Waals surface area (Å²) >= 11 is -1.21. The van der Waals surface area contributed by atoms with Crippen LogP contribution in [-0.2, 0) is 33.9 Å². The summed E-state index contributed by atoms with van der Waals surface area (Å²) in [5.74, 6) is 0. The molecular weight excluding hydrogens is 434 g/mol. The highest BCUT2D eigenvalue weighted by Gasteiger charge is 2.53. The van der Waals surface area contributed by atoms with Gasteiger partial charge in [0.2, 0.25) is 0 Å². The van der Waals surface area contributed by atoms with Gasteiger partial charge in [0.05, 0.1) is 12.6 Å². The Balaban J connectivity index is 1.61. The number of ether oxygens (including phenoxy) is 2. The smallest absolute Gasteiger partial charge is 0.158 e. The molecule has 0 saturated carbocycles. The molecule has 2 aliphatic heterocycles. The predicted octanol–water partition coefficient (Wildman–Crippen LogP) is 4.56. The van der Waals surface area contributed by atoms with Gasteiger partial charge < -0.3 is 19.3 Å². The lowest BCUT2D eigenvalue weighted by molar-refractivity contribution is -0.168. The van der Waals surface area contributed by atoms with Crippen LogP contribution < -0.4 is 10.0 Å². The lowest BCUT2D eigenvalue weighted by Crippen LogP contribution is -2.54. The molecule has 1 aromatic heterocycles. The van der Waals surface area contributed by atoms with E-state index in [0.29, 0.717) is 13.2 Å². The van der Waals surface area contributed by atoms with E-state index in [1.807, 2.05) is 27.0 Å². The van der Waals surface area contributed by atoms with Gasteiger partial charge in [-0.2, -0.15) is 0 Å². The van der Waals surface area contributed by atoms with Crippen LogP contribution in [-0.4, -0.2) is 39.8 Å². The van der Waals surface area contributed by atoms with Gasteiger partial charge in [0.15, 0.2) is 6.29 Å². The average Bonchev–Trinajstić information content (AvgIpc) is 3.05. The van der Waals surface area contributed by atoms with Crippen LogP contribution in [0, 0.1) is 10.8 Å². The third-order valence-corrected chi connectivity index (χ3v) is 8.98. The number of hydrogen-bond acceptors (Lipinski definition) is 6. The Kier molecular flexibility index (Phi) is 7.09. The number of pyridine rings is 1. The average molecular weight is 479 g/mol. The van der Waals surface area contributed by atoms with Crippen molar-refractivity contribution in [3.63, 3.8) is 0 Å². The lowest BCUT2D eigenvalue weighted by atomic mass is 9.66. The summed E-state index contributed by atoms with van der Waals surface area (Å²) in [6, 6.07) is 2.28. The standard InChI is InChI=1S/C26H43N3O3S/c1-24(2,3)21-15-26(10-11-27-21)14-20-19(23(26)29-33(30)25(4,5)6)13-18(16-28-20)17-32-22-9-7-8-12-31-22/h13,16,21-23,27,29H,7-12,14-15,17H2,1-6H3/t21?,22?,23-,26?,33-/m1/s1/i/hD. The van der Waals surface area contributed by atoms with E-state index in [4.69, 9.17) is 15.9 Å². The zero-order valence-electron chi connectivity index (χ0n) is 22.3. The van der Waals surface area contributed by atoms with Crippen LogP contribution in [0.2, 0.25) is 1.41 Å². The van der Waals surface area contributed by atoms with Crippen LogP contribution in [0.4, 0.5) is 0 Å². The van der Waals surface area contributed by atoms with Gasteiger partial charge >= 0.3 is 0 Å². The molecule has 6 nitrogen and oxygen atoms in total. The minimum atomic E-state index is -1.21. The fourth-order valence-corrected chi connectivity index (χ4v) is 6.24. The summed E-state index contributed by atoms with van der Waals surface area (Å²) in [6.45, 7) is 14.6. The van der Waals surface area contributed by atoms with Crippen LogP contribution in [0.1, 0.15) is 96.5 Å². The Morgan fingerprint density at radius 3 is 2.79 bits per heavy atom. The molecule has 0 aromatic carbocycles. The van der Waals surface area contributed by atoms with Crippen molar-refractivity contribution in [3.05, 3.63) is 29.1 Å². The normalized spacial score (nSPS) is 32.6. The second kappa shape index (κ2) is 9.75. The van der Waals surface area contributed by atoms with E-state index in [1.54, 1.807) is 5.31 Å². The monoisotopic (exact) mass is 478 g/mol. The third kappa shape index (κ3) is 5.76. The fourth-order valence-electron chi connectivity index (χ4n) is 5.30. The van der Waals surface area contributed by atoms with Crippen molar-refractivity contribution in [1.29, 1.82) is 0 Å². The molecule has 5 atom stereocenters. The maximum Gasteiger partial charge on any atom is 0.158 e. The number of piperidine rings is 1. The largest absolute Gasteiger partial charge is 0.598 e. The minimum absolute atomic E-state index is 0.00982. The molecule has 3 unspecified atom stereocenters. The Bertz CT molecular complexity index is 853. The molecule has 0 radical (unpaired) electrons. The molecule has 3 aliphatic rings. The van der Waals surface area contributed by atoms with E-state index in [2.05, 4.69) is 31.6 Å². The highest BCUT2D eigenvalue weighted by atomic mass is 32.2. The van der Waals surface area contributed by atoms with Crippen molar-refractivity contribution in [2.24, 2.45) is 10.8 Å². The van der Waals surface area contributed by atoms with Crippen molar-refractivity contribution in [2.45, 2.75) is 110 Å². The molecule has 186 valence electrons. The summed E-state index contributed by atoms with van der Waals surface area (Å²) in [4.78, 5) is 4.88. The van der Waals surface area contributed by atoms with Gasteiger partial charge in [-0.05, 0) is 88.4 Å². The van der Waals surface area contributed by atoms with E-state index in [9.17, 15) is 4.55 Å². The minimum Gasteiger partial charge on any atom is -0.598 e. The van der Waals surface area contributed by atoms with E-state index in [1.165, 1.54) is 0 Å². The first-order valence-corrected chi connectivity index (χ1v) is 13.7. The maximum atomic E-state index is 13.3. The Morgan fingerprint density at radius 1 is 1.33 bits per heavy atom. The molecular formula is C26H43N3O3S. The number of nitrogens with one attached hydrogen (secondary N) is 2. The van der Waals surface area contributed by atoms with Gasteiger partial charge in [-0.25, -0.2) is 0 Å². The number of aromatic nitrogens is 1. The summed E-state index contributed by atoms with van der Waals surface area (Å²) in [5.41, 5.74) is 3.16. The molecule has 2 N–H and O–H groups in total. The van der Waals surface area contributed by atoms with Gasteiger partial charge in [-0.1, -0.05) is 20.8 Å². The number of fused-ring (bicyclic) bond motifs is 1. The summed E-state index contributed by atoms with van der Waals surface area (Å²) in [7, 11) is 0. The SMILES string of the molecule is [2H]N1CCC2(Cc3ncc(COC4CCCCO4)cc3[C@H]2N[S@+]([O-])C(C)(C)C)CC1C(C)(C)C. The number of rotatable bonds is 5. The predicted molar refractivity (Wildman–Crippen MR) is 133 cm³/mol. The second-order valence-electron chi connectivity index (χ2n) is 12.2. The summed E-state index contributed by atoms with van der Waals surface area (Å²) < 4.78 is 36.8. The molecule has 2 fully saturated rings. The molecule has 3 heterocycles. The second-order valence-corrected chi connectivity index (χ2v) is 14.2.